The fraction of sp³-hybridized carbons (Fsp3) is 0.364. The molecule has 12 heavy (non-hydrogen) atoms. The molecule has 1 rings (SSSR count). The van der Waals surface area contributed by atoms with Crippen LogP contribution in [0.1, 0.15) is 16.7 Å². The molecule has 0 bridgehead atoms. The fourth-order valence-electron chi connectivity index (χ4n) is 1.47. The van der Waals surface area contributed by atoms with E-state index in [0.29, 0.717) is 0 Å². The molecule has 1 aromatic carbocycles. The Kier molecular flexibility index (Phi) is 3.21. The molecule has 0 saturated heterocycles. The summed E-state index contributed by atoms with van der Waals surface area (Å²) in [5.41, 5.74) is 4.14. The van der Waals surface area contributed by atoms with Crippen molar-refractivity contribution in [2.75, 3.05) is 6.26 Å². The normalized spacial score (nSPS) is 10.3. The number of rotatable bonds is 2. The van der Waals surface area contributed by atoms with Gasteiger partial charge in [0.2, 0.25) is 0 Å². The Morgan fingerprint density at radius 2 is 1.75 bits per heavy atom. The lowest BCUT2D eigenvalue weighted by molar-refractivity contribution is 1.14. The van der Waals surface area contributed by atoms with Crippen molar-refractivity contribution in [3.8, 4) is 0 Å². The molecular formula is C11H15S. The van der Waals surface area contributed by atoms with Crippen molar-refractivity contribution in [2.24, 2.45) is 0 Å². The Morgan fingerprint density at radius 3 is 2.08 bits per heavy atom. The second-order valence-electron chi connectivity index (χ2n) is 2.99. The van der Waals surface area contributed by atoms with Gasteiger partial charge in [0.1, 0.15) is 0 Å². The molecule has 1 heteroatoms. The highest BCUT2D eigenvalue weighted by Crippen LogP contribution is 2.22. The monoisotopic (exact) mass is 179 g/mol. The first-order valence-corrected chi connectivity index (χ1v) is 5.35. The first kappa shape index (κ1) is 9.66. The molecule has 0 nitrogen and oxygen atoms in total. The van der Waals surface area contributed by atoms with E-state index in [0.717, 1.165) is 6.42 Å². The van der Waals surface area contributed by atoms with Gasteiger partial charge < -0.3 is 0 Å². The second kappa shape index (κ2) is 3.99. The van der Waals surface area contributed by atoms with Gasteiger partial charge in [-0.15, -0.1) is 11.8 Å². The van der Waals surface area contributed by atoms with E-state index in [1.165, 1.54) is 21.6 Å². The zero-order valence-electron chi connectivity index (χ0n) is 7.98. The zero-order valence-corrected chi connectivity index (χ0v) is 8.79. The predicted octanol–water partition coefficient (Wildman–Crippen LogP) is 3.40. The average molecular weight is 179 g/mol. The van der Waals surface area contributed by atoms with Crippen LogP contribution in [0.2, 0.25) is 0 Å². The second-order valence-corrected chi connectivity index (χ2v) is 3.87. The van der Waals surface area contributed by atoms with Gasteiger partial charge in [0.25, 0.3) is 0 Å². The van der Waals surface area contributed by atoms with Gasteiger partial charge in [-0.2, -0.15) is 0 Å². The van der Waals surface area contributed by atoms with E-state index in [-0.39, 0.29) is 0 Å². The molecule has 0 saturated carbocycles. The topological polar surface area (TPSA) is 0 Å². The minimum atomic E-state index is 0.895. The van der Waals surface area contributed by atoms with E-state index < -0.39 is 0 Å². The van der Waals surface area contributed by atoms with Crippen LogP contribution in [0.4, 0.5) is 0 Å². The Morgan fingerprint density at radius 1 is 1.25 bits per heavy atom. The molecule has 0 atom stereocenters. The van der Waals surface area contributed by atoms with Crippen molar-refractivity contribution in [2.45, 2.75) is 25.2 Å². The van der Waals surface area contributed by atoms with Gasteiger partial charge in [0, 0.05) is 4.90 Å². The van der Waals surface area contributed by atoms with E-state index in [2.05, 4.69) is 39.2 Å². The van der Waals surface area contributed by atoms with Crippen LogP contribution in [0.5, 0.6) is 0 Å². The van der Waals surface area contributed by atoms with Gasteiger partial charge in [-0.05, 0) is 62.3 Å². The SMILES string of the molecule is [CH2]Cc1c(C)cc(SC)cc1C. The van der Waals surface area contributed by atoms with Crippen molar-refractivity contribution < 1.29 is 0 Å². The summed E-state index contributed by atoms with van der Waals surface area (Å²) in [5.74, 6) is 0. The molecule has 0 amide bonds. The number of thioether (sulfide) groups is 1. The van der Waals surface area contributed by atoms with Crippen molar-refractivity contribution in [3.63, 3.8) is 0 Å². The maximum Gasteiger partial charge on any atom is 0.00745 e. The largest absolute Gasteiger partial charge is 0.130 e. The van der Waals surface area contributed by atoms with Gasteiger partial charge >= 0.3 is 0 Å². The van der Waals surface area contributed by atoms with Crippen LogP contribution in [0, 0.1) is 20.8 Å². The van der Waals surface area contributed by atoms with Crippen LogP contribution in [-0.4, -0.2) is 6.26 Å². The van der Waals surface area contributed by atoms with Crippen molar-refractivity contribution >= 4 is 11.8 Å². The molecule has 0 fully saturated rings. The van der Waals surface area contributed by atoms with Crippen molar-refractivity contribution in [3.05, 3.63) is 35.7 Å². The Bertz CT molecular complexity index is 253. The number of hydrogen-bond donors (Lipinski definition) is 0. The van der Waals surface area contributed by atoms with E-state index in [1.54, 1.807) is 11.8 Å². The third-order valence-corrected chi connectivity index (χ3v) is 2.86. The first-order valence-electron chi connectivity index (χ1n) is 4.12. The summed E-state index contributed by atoms with van der Waals surface area (Å²) in [4.78, 5) is 1.35. The number of benzene rings is 1. The van der Waals surface area contributed by atoms with Crippen LogP contribution >= 0.6 is 11.8 Å². The first-order chi connectivity index (χ1) is 5.69. The molecule has 0 aliphatic heterocycles. The Labute approximate surface area is 79.4 Å². The van der Waals surface area contributed by atoms with Gasteiger partial charge in [0.15, 0.2) is 0 Å². The summed E-state index contributed by atoms with van der Waals surface area (Å²) >= 11 is 1.80. The summed E-state index contributed by atoms with van der Waals surface area (Å²) < 4.78 is 0. The molecule has 65 valence electrons. The molecule has 1 aromatic rings. The van der Waals surface area contributed by atoms with E-state index in [9.17, 15) is 0 Å². The highest BCUT2D eigenvalue weighted by molar-refractivity contribution is 7.98. The molecule has 0 aliphatic carbocycles. The third kappa shape index (κ3) is 1.84. The zero-order chi connectivity index (χ0) is 9.14. The quantitative estimate of drug-likeness (QED) is 0.627. The minimum Gasteiger partial charge on any atom is -0.130 e. The Hall–Kier alpha value is -0.430. The molecule has 1 radical (unpaired) electrons. The highest BCUT2D eigenvalue weighted by Gasteiger charge is 2.01. The summed E-state index contributed by atoms with van der Waals surface area (Å²) in [7, 11) is 0. The maximum absolute atomic E-state index is 3.93. The van der Waals surface area contributed by atoms with Gasteiger partial charge in [-0.1, -0.05) is 0 Å². The summed E-state index contributed by atoms with van der Waals surface area (Å²) in [5, 5.41) is 0. The Balaban J connectivity index is 3.18. The van der Waals surface area contributed by atoms with E-state index in [1.807, 2.05) is 0 Å². The van der Waals surface area contributed by atoms with Gasteiger partial charge in [-0.25, -0.2) is 0 Å². The van der Waals surface area contributed by atoms with E-state index in [4.69, 9.17) is 0 Å². The smallest absolute Gasteiger partial charge is 0.00745 e. The lowest BCUT2D eigenvalue weighted by Crippen LogP contribution is -1.91. The molecular weight excluding hydrogens is 164 g/mol. The van der Waals surface area contributed by atoms with Crippen molar-refractivity contribution in [1.29, 1.82) is 0 Å². The standard InChI is InChI=1S/C11H15S/c1-5-11-8(2)6-10(12-4)7-9(11)3/h6-7H,1,5H2,2-4H3. The lowest BCUT2D eigenvalue weighted by atomic mass is 10.0. The predicted molar refractivity (Wildman–Crippen MR) is 56.8 cm³/mol. The van der Waals surface area contributed by atoms with E-state index >= 15 is 0 Å². The average Bonchev–Trinajstić information content (AvgIpc) is 2.03. The molecule has 0 heterocycles. The molecule has 0 unspecified atom stereocenters. The molecule has 0 aromatic heterocycles. The summed E-state index contributed by atoms with van der Waals surface area (Å²) in [6, 6.07) is 4.47. The lowest BCUT2D eigenvalue weighted by Gasteiger charge is -2.09. The fourth-order valence-corrected chi connectivity index (χ4v) is 2.06. The van der Waals surface area contributed by atoms with Gasteiger partial charge in [-0.3, -0.25) is 0 Å². The minimum absolute atomic E-state index is 0.895. The number of hydrogen-bond acceptors (Lipinski definition) is 1. The van der Waals surface area contributed by atoms with Gasteiger partial charge in [0.05, 0.1) is 0 Å². The summed E-state index contributed by atoms with van der Waals surface area (Å²) in [6.07, 6.45) is 3.00. The third-order valence-electron chi connectivity index (χ3n) is 2.16. The van der Waals surface area contributed by atoms with Crippen LogP contribution in [0.25, 0.3) is 0 Å². The maximum atomic E-state index is 3.93. The summed E-state index contributed by atoms with van der Waals surface area (Å²) in [6.45, 7) is 8.25. The van der Waals surface area contributed by atoms with Crippen LogP contribution < -0.4 is 0 Å². The highest BCUT2D eigenvalue weighted by atomic mass is 32.2. The molecule has 0 aliphatic rings. The molecule has 0 spiro atoms. The van der Waals surface area contributed by atoms with Crippen LogP contribution in [-0.2, 0) is 6.42 Å². The molecule has 0 N–H and O–H groups in total. The van der Waals surface area contributed by atoms with Crippen LogP contribution in [0.15, 0.2) is 17.0 Å². The van der Waals surface area contributed by atoms with Crippen LogP contribution in [0.3, 0.4) is 0 Å². The number of aryl methyl sites for hydroxylation is 2. The van der Waals surface area contributed by atoms with Crippen molar-refractivity contribution in [1.82, 2.24) is 0 Å².